The molecule has 0 saturated heterocycles. The van der Waals surface area contributed by atoms with E-state index in [4.69, 9.17) is 10.4 Å². The molecule has 1 N–H and O–H groups in total. The van der Waals surface area contributed by atoms with Crippen LogP contribution in [0.4, 0.5) is 0 Å². The number of benzene rings is 1. The zero-order valence-electron chi connectivity index (χ0n) is 11.6. The summed E-state index contributed by atoms with van der Waals surface area (Å²) in [5.74, 6) is -1.15. The summed E-state index contributed by atoms with van der Waals surface area (Å²) in [6.45, 7) is 1.76. The van der Waals surface area contributed by atoms with Gasteiger partial charge in [0, 0.05) is 19.0 Å². The van der Waals surface area contributed by atoms with Gasteiger partial charge in [0.15, 0.2) is 0 Å². The summed E-state index contributed by atoms with van der Waals surface area (Å²) in [5.41, 5.74) is 0.489. The monoisotopic (exact) mass is 308 g/mol. The largest absolute Gasteiger partial charge is 0.478 e. The van der Waals surface area contributed by atoms with Gasteiger partial charge >= 0.3 is 5.97 Å². The van der Waals surface area contributed by atoms with Crippen molar-refractivity contribution in [2.75, 3.05) is 6.54 Å². The number of sulfonamides is 1. The molecule has 112 valence electrons. The minimum atomic E-state index is -3.76. The highest BCUT2D eigenvalue weighted by Gasteiger charge is 2.37. The molecule has 0 aromatic heterocycles. The van der Waals surface area contributed by atoms with Gasteiger partial charge < -0.3 is 5.11 Å². The first-order chi connectivity index (χ1) is 9.87. The van der Waals surface area contributed by atoms with Gasteiger partial charge in [-0.2, -0.15) is 9.57 Å². The van der Waals surface area contributed by atoms with Crippen LogP contribution in [-0.4, -0.2) is 36.4 Å². The highest BCUT2D eigenvalue weighted by molar-refractivity contribution is 7.89. The van der Waals surface area contributed by atoms with Crippen LogP contribution >= 0.6 is 0 Å². The number of hydrogen-bond donors (Lipinski definition) is 1. The van der Waals surface area contributed by atoms with E-state index in [-0.39, 0.29) is 29.5 Å². The maximum absolute atomic E-state index is 12.6. The summed E-state index contributed by atoms with van der Waals surface area (Å²) in [5, 5.41) is 17.8. The first kappa shape index (κ1) is 15.5. The van der Waals surface area contributed by atoms with Crippen molar-refractivity contribution in [1.82, 2.24) is 4.31 Å². The highest BCUT2D eigenvalue weighted by Crippen LogP contribution is 2.32. The Kier molecular flexibility index (Phi) is 4.30. The lowest BCUT2D eigenvalue weighted by atomic mass is 10.1. The molecule has 7 heteroatoms. The Morgan fingerprint density at radius 3 is 2.67 bits per heavy atom. The molecule has 0 spiro atoms. The number of rotatable bonds is 6. The first-order valence-corrected chi connectivity index (χ1v) is 8.04. The molecule has 1 aromatic carbocycles. The van der Waals surface area contributed by atoms with Gasteiger partial charge in [-0.15, -0.1) is 0 Å². The zero-order chi connectivity index (χ0) is 15.6. The van der Waals surface area contributed by atoms with Crippen LogP contribution in [0.2, 0.25) is 0 Å². The lowest BCUT2D eigenvalue weighted by Gasteiger charge is -2.21. The van der Waals surface area contributed by atoms with Crippen molar-refractivity contribution in [2.45, 2.75) is 37.1 Å². The fourth-order valence-electron chi connectivity index (χ4n) is 2.15. The molecule has 0 radical (unpaired) electrons. The van der Waals surface area contributed by atoms with E-state index in [0.29, 0.717) is 5.56 Å². The fraction of sp³-hybridized carbons (Fsp3) is 0.429. The molecule has 0 amide bonds. The van der Waals surface area contributed by atoms with Gasteiger partial charge in [0.2, 0.25) is 10.0 Å². The molecule has 1 saturated carbocycles. The van der Waals surface area contributed by atoms with Gasteiger partial charge in [0.25, 0.3) is 0 Å². The molecule has 1 aliphatic rings. The molecule has 0 atom stereocenters. The Morgan fingerprint density at radius 2 is 2.14 bits per heavy atom. The van der Waals surface area contributed by atoms with E-state index in [9.17, 15) is 13.2 Å². The smallest absolute Gasteiger partial charge is 0.335 e. The second kappa shape index (κ2) is 5.84. The van der Waals surface area contributed by atoms with Gasteiger partial charge in [-0.1, -0.05) is 6.07 Å². The SMILES string of the molecule is Cc1ccc(S(=O)(=O)N(CCC#N)C2CC2)cc1C(=O)O. The Balaban J connectivity index is 2.40. The van der Waals surface area contributed by atoms with Gasteiger partial charge in [-0.3, -0.25) is 0 Å². The molecule has 1 aliphatic carbocycles. The van der Waals surface area contributed by atoms with E-state index in [0.717, 1.165) is 12.8 Å². The second-order valence-corrected chi connectivity index (χ2v) is 6.93. The van der Waals surface area contributed by atoms with E-state index in [2.05, 4.69) is 0 Å². The van der Waals surface area contributed by atoms with Gasteiger partial charge in [-0.25, -0.2) is 13.2 Å². The molecular formula is C14H16N2O4S. The van der Waals surface area contributed by atoms with Crippen LogP contribution in [0.5, 0.6) is 0 Å². The van der Waals surface area contributed by atoms with Crippen molar-refractivity contribution in [2.24, 2.45) is 0 Å². The van der Waals surface area contributed by atoms with E-state index in [1.54, 1.807) is 6.92 Å². The normalized spacial score (nSPS) is 14.9. The maximum Gasteiger partial charge on any atom is 0.335 e. The number of nitrogens with zero attached hydrogens (tertiary/aromatic N) is 2. The molecule has 0 heterocycles. The average Bonchev–Trinajstić information content (AvgIpc) is 3.23. The van der Waals surface area contributed by atoms with Crippen LogP contribution in [0.15, 0.2) is 23.1 Å². The van der Waals surface area contributed by atoms with Crippen molar-refractivity contribution < 1.29 is 18.3 Å². The number of aromatic carboxylic acids is 1. The molecule has 1 aromatic rings. The minimum absolute atomic E-state index is 0.0212. The fourth-order valence-corrected chi connectivity index (χ4v) is 3.86. The van der Waals surface area contributed by atoms with Crippen LogP contribution < -0.4 is 0 Å². The first-order valence-electron chi connectivity index (χ1n) is 6.60. The Hall–Kier alpha value is -1.91. The maximum atomic E-state index is 12.6. The molecule has 0 bridgehead atoms. The van der Waals surface area contributed by atoms with Crippen molar-refractivity contribution in [3.8, 4) is 6.07 Å². The number of carboxylic acid groups (broad SMARTS) is 1. The van der Waals surface area contributed by atoms with E-state index in [1.807, 2.05) is 6.07 Å². The third-order valence-electron chi connectivity index (χ3n) is 3.44. The third kappa shape index (κ3) is 3.23. The van der Waals surface area contributed by atoms with Gasteiger partial charge in [0.1, 0.15) is 0 Å². The number of carboxylic acids is 1. The number of carbonyl (C=O) groups is 1. The molecule has 6 nitrogen and oxygen atoms in total. The molecule has 0 aliphatic heterocycles. The van der Waals surface area contributed by atoms with Crippen LogP contribution in [0.25, 0.3) is 0 Å². The highest BCUT2D eigenvalue weighted by atomic mass is 32.2. The topological polar surface area (TPSA) is 98.5 Å². The number of hydrogen-bond acceptors (Lipinski definition) is 4. The Bertz CT molecular complexity index is 702. The zero-order valence-corrected chi connectivity index (χ0v) is 12.4. The van der Waals surface area contributed by atoms with Gasteiger partial charge in [-0.05, 0) is 37.5 Å². The van der Waals surface area contributed by atoms with Crippen molar-refractivity contribution >= 4 is 16.0 Å². The standard InChI is InChI=1S/C14H16N2O4S/c1-10-3-6-12(9-13(10)14(17)18)21(19,20)16(8-2-7-15)11-4-5-11/h3,6,9,11H,2,4-5,8H2,1H3,(H,17,18). The van der Waals surface area contributed by atoms with Crippen LogP contribution in [0.1, 0.15) is 35.2 Å². The Labute approximate surface area is 123 Å². The van der Waals surface area contributed by atoms with Crippen LogP contribution in [0, 0.1) is 18.3 Å². The van der Waals surface area contributed by atoms with Crippen molar-refractivity contribution in [3.05, 3.63) is 29.3 Å². The lowest BCUT2D eigenvalue weighted by Crippen LogP contribution is -2.34. The second-order valence-electron chi connectivity index (χ2n) is 5.04. The average molecular weight is 308 g/mol. The summed E-state index contributed by atoms with van der Waals surface area (Å²) in [6, 6.07) is 5.97. The number of nitriles is 1. The minimum Gasteiger partial charge on any atom is -0.478 e. The quantitative estimate of drug-likeness (QED) is 0.863. The summed E-state index contributed by atoms with van der Waals surface area (Å²) in [4.78, 5) is 11.1. The predicted octanol–water partition coefficient (Wildman–Crippen LogP) is 1.76. The van der Waals surface area contributed by atoms with Crippen LogP contribution in [-0.2, 0) is 10.0 Å². The summed E-state index contributed by atoms with van der Waals surface area (Å²) >= 11 is 0. The van der Waals surface area contributed by atoms with E-state index >= 15 is 0 Å². The van der Waals surface area contributed by atoms with Gasteiger partial charge in [0.05, 0.1) is 16.5 Å². The lowest BCUT2D eigenvalue weighted by molar-refractivity contribution is 0.0696. The van der Waals surface area contributed by atoms with E-state index < -0.39 is 16.0 Å². The van der Waals surface area contributed by atoms with Crippen LogP contribution in [0.3, 0.4) is 0 Å². The molecule has 0 unspecified atom stereocenters. The predicted molar refractivity (Wildman–Crippen MR) is 75.3 cm³/mol. The van der Waals surface area contributed by atoms with Crippen molar-refractivity contribution in [3.63, 3.8) is 0 Å². The summed E-state index contributed by atoms with van der Waals surface area (Å²) in [6.07, 6.45) is 1.68. The Morgan fingerprint density at radius 1 is 1.48 bits per heavy atom. The summed E-state index contributed by atoms with van der Waals surface area (Å²) in [7, 11) is -3.76. The molecule has 2 rings (SSSR count). The number of aryl methyl sites for hydroxylation is 1. The summed E-state index contributed by atoms with van der Waals surface area (Å²) < 4.78 is 26.6. The molecular weight excluding hydrogens is 292 g/mol. The molecule has 1 fully saturated rings. The van der Waals surface area contributed by atoms with Crippen molar-refractivity contribution in [1.29, 1.82) is 5.26 Å². The van der Waals surface area contributed by atoms with E-state index in [1.165, 1.54) is 22.5 Å². The molecule has 21 heavy (non-hydrogen) atoms. The third-order valence-corrected chi connectivity index (χ3v) is 5.39.